The van der Waals surface area contributed by atoms with Crippen LogP contribution in [0, 0.1) is 0 Å². The van der Waals surface area contributed by atoms with E-state index in [2.05, 4.69) is 0 Å². The van der Waals surface area contributed by atoms with Crippen LogP contribution in [0.2, 0.25) is 0 Å². The summed E-state index contributed by atoms with van der Waals surface area (Å²) in [6.45, 7) is -0.0255. The zero-order valence-electron chi connectivity index (χ0n) is 11.9. The minimum atomic E-state index is -5.17. The molecule has 0 spiro atoms. The van der Waals surface area contributed by atoms with E-state index in [4.69, 9.17) is 67.9 Å². The molecule has 0 aliphatic rings. The Kier molecular flexibility index (Phi) is 27.1. The van der Waals surface area contributed by atoms with Crippen molar-refractivity contribution in [2.45, 2.75) is 18.9 Å². The predicted octanol–water partition coefficient (Wildman–Crippen LogP) is -7.90. The summed E-state index contributed by atoms with van der Waals surface area (Å²) in [4.78, 5) is 0. The van der Waals surface area contributed by atoms with Crippen molar-refractivity contribution >= 4 is 31.2 Å². The van der Waals surface area contributed by atoms with E-state index >= 15 is 0 Å². The van der Waals surface area contributed by atoms with E-state index < -0.39 is 37.3 Å². The van der Waals surface area contributed by atoms with Crippen LogP contribution in [0.3, 0.4) is 0 Å². The zero-order chi connectivity index (χ0) is 19.9. The molecular formula is C5H12NaO15S3-5. The van der Waals surface area contributed by atoms with E-state index in [1.807, 2.05) is 0 Å². The molecule has 0 bridgehead atoms. The summed E-state index contributed by atoms with van der Waals surface area (Å²) < 4.78 is 102. The minimum Gasteiger partial charge on any atom is -0.759 e. The van der Waals surface area contributed by atoms with Gasteiger partial charge in [-0.3, -0.25) is 25.3 Å². The molecule has 3 N–H and O–H groups in total. The molecule has 0 heterocycles. The van der Waals surface area contributed by atoms with Crippen molar-refractivity contribution in [3.63, 3.8) is 0 Å². The van der Waals surface area contributed by atoms with E-state index in [1.54, 1.807) is 0 Å². The van der Waals surface area contributed by atoms with Crippen LogP contribution in [0.1, 0.15) is 12.8 Å². The van der Waals surface area contributed by atoms with Crippen LogP contribution in [0.4, 0.5) is 0 Å². The fourth-order valence-electron chi connectivity index (χ4n) is 0.442. The molecule has 0 fully saturated rings. The summed E-state index contributed by atoms with van der Waals surface area (Å²) in [7, 11) is -15.5. The molecule has 0 radical (unpaired) electrons. The van der Waals surface area contributed by atoms with E-state index in [1.165, 1.54) is 0 Å². The van der Waals surface area contributed by atoms with Crippen molar-refractivity contribution < 1.29 is 97.4 Å². The Labute approximate surface area is 160 Å². The maximum atomic E-state index is 8.73. The monoisotopic (exact) mass is 431 g/mol. The molecule has 0 unspecified atom stereocenters. The summed E-state index contributed by atoms with van der Waals surface area (Å²) in [6.07, 6.45) is 0.186. The zero-order valence-corrected chi connectivity index (χ0v) is 16.3. The molecule has 0 aromatic rings. The Hall–Kier alpha value is 0.490. The second-order valence-electron chi connectivity index (χ2n) is 2.90. The Morgan fingerprint density at radius 3 is 0.833 bits per heavy atom. The smallest absolute Gasteiger partial charge is 0.759 e. The summed E-state index contributed by atoms with van der Waals surface area (Å²) in [5.74, 6) is 0. The first kappa shape index (κ1) is 35.6. The van der Waals surface area contributed by atoms with Crippen molar-refractivity contribution in [3.05, 3.63) is 0 Å². The molecule has 0 aromatic heterocycles. The van der Waals surface area contributed by atoms with E-state index in [0.717, 1.165) is 0 Å². The second-order valence-corrected chi connectivity index (χ2v) is 5.35. The minimum absolute atomic E-state index is 0. The van der Waals surface area contributed by atoms with Gasteiger partial charge in [0.05, 0.1) is 6.10 Å². The number of hydrogen-bond acceptors (Lipinski definition) is 15. The fraction of sp³-hybridized carbons (Fsp3) is 1.00. The molecule has 0 aliphatic carbocycles. The van der Waals surface area contributed by atoms with Gasteiger partial charge in [0.2, 0.25) is 0 Å². The van der Waals surface area contributed by atoms with Crippen LogP contribution in [-0.4, -0.2) is 87.2 Å². The number of aliphatic hydroxyl groups is 3. The standard InChI is InChI=1S/C5H12O3.Na.3H2O4S/c6-3-1-5(8)2-4-7;;3*1-5(2,3)4/h5-8H,1-4H2;;3*(H2,1,2,3,4)/q;+1;;;/p-6. The van der Waals surface area contributed by atoms with Gasteiger partial charge >= 0.3 is 29.6 Å². The third-order valence-electron chi connectivity index (χ3n) is 0.925. The van der Waals surface area contributed by atoms with Crippen molar-refractivity contribution in [2.75, 3.05) is 13.2 Å². The largest absolute Gasteiger partial charge is 1.00 e. The SMILES string of the molecule is O=S(=O)([O-])[O-].O=S(=O)([O-])[O-].O=S(=O)([O-])[O-].OCCC(O)CCO.[Na+]. The molecule has 0 aromatic carbocycles. The normalized spacial score (nSPS) is 10.8. The maximum absolute atomic E-state index is 8.73. The first-order chi connectivity index (χ1) is 9.81. The molecule has 15 nitrogen and oxygen atoms in total. The van der Waals surface area contributed by atoms with Gasteiger partial charge in [-0.1, -0.05) is 0 Å². The van der Waals surface area contributed by atoms with Crippen LogP contribution < -0.4 is 29.6 Å². The second kappa shape index (κ2) is 18.3. The van der Waals surface area contributed by atoms with Crippen LogP contribution >= 0.6 is 0 Å². The predicted molar refractivity (Wildman–Crippen MR) is 60.8 cm³/mol. The molecule has 0 rings (SSSR count). The van der Waals surface area contributed by atoms with Gasteiger partial charge in [0.1, 0.15) is 0 Å². The summed E-state index contributed by atoms with van der Waals surface area (Å²) >= 11 is 0. The molecule has 0 amide bonds. The molecular weight excluding hydrogens is 419 g/mol. The van der Waals surface area contributed by atoms with E-state index in [-0.39, 0.29) is 42.8 Å². The molecule has 24 heavy (non-hydrogen) atoms. The van der Waals surface area contributed by atoms with Crippen LogP contribution in [0.15, 0.2) is 0 Å². The Balaban J connectivity index is -0.0000000677. The maximum Gasteiger partial charge on any atom is 1.00 e. The molecule has 19 heteroatoms. The number of aliphatic hydroxyl groups excluding tert-OH is 3. The average Bonchev–Trinajstić information content (AvgIpc) is 2.09. The van der Waals surface area contributed by atoms with Gasteiger partial charge < -0.3 is 42.6 Å². The average molecular weight is 431 g/mol. The quantitative estimate of drug-likeness (QED) is 0.211. The first-order valence-electron chi connectivity index (χ1n) is 4.71. The van der Waals surface area contributed by atoms with Crippen molar-refractivity contribution in [1.29, 1.82) is 0 Å². The Morgan fingerprint density at radius 2 is 0.750 bits per heavy atom. The first-order valence-corrected chi connectivity index (χ1v) is 8.71. The molecule has 0 saturated heterocycles. The molecule has 0 saturated carbocycles. The van der Waals surface area contributed by atoms with Gasteiger partial charge in [0.25, 0.3) is 0 Å². The Morgan fingerprint density at radius 1 is 0.625 bits per heavy atom. The van der Waals surface area contributed by atoms with Gasteiger partial charge in [0.15, 0.2) is 0 Å². The van der Waals surface area contributed by atoms with Gasteiger partial charge in [-0.05, 0) is 12.8 Å². The van der Waals surface area contributed by atoms with Crippen LogP contribution in [-0.2, 0) is 31.2 Å². The van der Waals surface area contributed by atoms with Crippen molar-refractivity contribution in [2.24, 2.45) is 0 Å². The molecule has 0 atom stereocenters. The van der Waals surface area contributed by atoms with Gasteiger partial charge in [-0.15, -0.1) is 0 Å². The third kappa shape index (κ3) is 247. The summed E-state index contributed by atoms with van der Waals surface area (Å²) in [6, 6.07) is 0. The van der Waals surface area contributed by atoms with Crippen molar-refractivity contribution in [3.8, 4) is 0 Å². The topological polar surface area (TPSA) is 301 Å². The van der Waals surface area contributed by atoms with Gasteiger partial charge in [-0.25, -0.2) is 0 Å². The van der Waals surface area contributed by atoms with Gasteiger partial charge in [0, 0.05) is 44.4 Å². The third-order valence-corrected chi connectivity index (χ3v) is 0.925. The van der Waals surface area contributed by atoms with Crippen LogP contribution in [0.5, 0.6) is 0 Å². The molecule has 146 valence electrons. The number of hydrogen-bond donors (Lipinski definition) is 3. The Bertz CT molecular complexity index is 449. The van der Waals surface area contributed by atoms with Gasteiger partial charge in [-0.2, -0.15) is 0 Å². The van der Waals surface area contributed by atoms with E-state index in [0.29, 0.717) is 12.8 Å². The number of rotatable bonds is 4. The molecule has 0 aliphatic heterocycles. The summed E-state index contributed by atoms with van der Waals surface area (Å²) in [5.41, 5.74) is 0. The van der Waals surface area contributed by atoms with Crippen LogP contribution in [0.25, 0.3) is 0 Å². The summed E-state index contributed by atoms with van der Waals surface area (Å²) in [5, 5.41) is 25.2. The van der Waals surface area contributed by atoms with E-state index in [9.17, 15) is 0 Å². The fourth-order valence-corrected chi connectivity index (χ4v) is 0.442. The van der Waals surface area contributed by atoms with Crippen molar-refractivity contribution in [1.82, 2.24) is 0 Å².